The van der Waals surface area contributed by atoms with Gasteiger partial charge in [-0.15, -0.1) is 0 Å². The topological polar surface area (TPSA) is 93.9 Å². The van der Waals surface area contributed by atoms with E-state index in [-0.39, 0.29) is 30.1 Å². The second-order valence-corrected chi connectivity index (χ2v) is 8.22. The molecule has 1 heterocycles. The van der Waals surface area contributed by atoms with E-state index in [1.807, 2.05) is 18.7 Å². The zero-order valence-corrected chi connectivity index (χ0v) is 18.6. The van der Waals surface area contributed by atoms with E-state index < -0.39 is 0 Å². The summed E-state index contributed by atoms with van der Waals surface area (Å²) in [7, 11) is 3.10. The van der Waals surface area contributed by atoms with Gasteiger partial charge in [0.1, 0.15) is 0 Å². The summed E-state index contributed by atoms with van der Waals surface area (Å²) in [6.07, 6.45) is 4.04. The molecule has 168 valence electrons. The van der Waals surface area contributed by atoms with E-state index in [2.05, 4.69) is 10.5 Å². The number of rotatable bonds is 9. The van der Waals surface area contributed by atoms with Crippen LogP contribution in [0, 0.1) is 5.92 Å². The molecular formula is C23H31N3O5. The van der Waals surface area contributed by atoms with Gasteiger partial charge in [0.25, 0.3) is 11.8 Å². The van der Waals surface area contributed by atoms with Crippen molar-refractivity contribution in [2.24, 2.45) is 5.92 Å². The molecule has 0 atom stereocenters. The Balaban J connectivity index is 1.79. The van der Waals surface area contributed by atoms with Crippen LogP contribution >= 0.6 is 0 Å². The lowest BCUT2D eigenvalue weighted by molar-refractivity contribution is 0.0643. The highest BCUT2D eigenvalue weighted by atomic mass is 16.5. The average Bonchev–Trinajstić information content (AvgIpc) is 3.47. The zero-order chi connectivity index (χ0) is 22.4. The Morgan fingerprint density at radius 2 is 1.87 bits per heavy atom. The van der Waals surface area contributed by atoms with Crippen molar-refractivity contribution >= 4 is 11.8 Å². The second kappa shape index (κ2) is 10.3. The Bertz CT molecular complexity index is 902. The summed E-state index contributed by atoms with van der Waals surface area (Å²) in [5, 5.41) is 6.72. The maximum Gasteiger partial charge on any atom is 0.273 e. The molecule has 0 saturated heterocycles. The molecule has 1 aliphatic carbocycles. The molecule has 1 aromatic carbocycles. The molecule has 2 amide bonds. The van der Waals surface area contributed by atoms with Crippen molar-refractivity contribution in [3.63, 3.8) is 0 Å². The van der Waals surface area contributed by atoms with Gasteiger partial charge in [-0.25, -0.2) is 0 Å². The van der Waals surface area contributed by atoms with Crippen LogP contribution in [-0.2, 0) is 6.54 Å². The molecule has 1 saturated carbocycles. The van der Waals surface area contributed by atoms with Gasteiger partial charge in [0.15, 0.2) is 23.0 Å². The highest BCUT2D eigenvalue weighted by molar-refractivity contribution is 5.95. The van der Waals surface area contributed by atoms with Crippen molar-refractivity contribution in [3.05, 3.63) is 41.3 Å². The second-order valence-electron chi connectivity index (χ2n) is 8.22. The summed E-state index contributed by atoms with van der Waals surface area (Å²) < 4.78 is 16.0. The summed E-state index contributed by atoms with van der Waals surface area (Å²) in [6, 6.07) is 6.87. The SMILES string of the molecule is COc1ccc(C(=O)N(Cc2cc(C(=O)NCC(C)C)no2)C2CCCC2)cc1OC. The van der Waals surface area contributed by atoms with Gasteiger partial charge in [0.2, 0.25) is 0 Å². The van der Waals surface area contributed by atoms with Crippen LogP contribution in [-0.4, -0.2) is 48.7 Å². The Labute approximate surface area is 182 Å². The number of hydrogen-bond acceptors (Lipinski definition) is 6. The summed E-state index contributed by atoms with van der Waals surface area (Å²) in [5.74, 6) is 1.50. The first kappa shape index (κ1) is 22.7. The lowest BCUT2D eigenvalue weighted by Crippen LogP contribution is -2.38. The molecule has 0 bridgehead atoms. The Hall–Kier alpha value is -3.03. The minimum atomic E-state index is -0.276. The third kappa shape index (κ3) is 5.57. The van der Waals surface area contributed by atoms with E-state index in [1.54, 1.807) is 38.5 Å². The number of nitrogens with one attached hydrogen (secondary N) is 1. The largest absolute Gasteiger partial charge is 0.493 e. The van der Waals surface area contributed by atoms with Gasteiger partial charge < -0.3 is 24.2 Å². The van der Waals surface area contributed by atoms with Gasteiger partial charge in [-0.2, -0.15) is 0 Å². The van der Waals surface area contributed by atoms with Crippen LogP contribution in [0.4, 0.5) is 0 Å². The van der Waals surface area contributed by atoms with Crippen molar-refractivity contribution in [1.29, 1.82) is 0 Å². The molecule has 3 rings (SSSR count). The number of hydrogen-bond donors (Lipinski definition) is 1. The van der Waals surface area contributed by atoms with Crippen LogP contribution in [0.3, 0.4) is 0 Å². The number of ether oxygens (including phenoxy) is 2. The molecule has 1 fully saturated rings. The van der Waals surface area contributed by atoms with Gasteiger partial charge >= 0.3 is 0 Å². The number of aromatic nitrogens is 1. The van der Waals surface area contributed by atoms with Crippen molar-refractivity contribution in [3.8, 4) is 11.5 Å². The quantitative estimate of drug-likeness (QED) is 0.654. The highest BCUT2D eigenvalue weighted by Crippen LogP contribution is 2.31. The summed E-state index contributed by atoms with van der Waals surface area (Å²) in [6.45, 7) is 4.86. The number of amides is 2. The Morgan fingerprint density at radius 3 is 2.52 bits per heavy atom. The normalized spacial score (nSPS) is 14.0. The van der Waals surface area contributed by atoms with E-state index >= 15 is 0 Å². The van der Waals surface area contributed by atoms with Crippen molar-refractivity contribution in [2.45, 2.75) is 52.1 Å². The standard InChI is InChI=1S/C23H31N3O5/c1-15(2)13-24-22(27)19-12-18(31-25-19)14-26(17-7-5-6-8-17)23(28)16-9-10-20(29-3)21(11-16)30-4/h9-12,15,17H,5-8,13-14H2,1-4H3,(H,24,27). The minimum absolute atomic E-state index is 0.115. The zero-order valence-electron chi connectivity index (χ0n) is 18.6. The van der Waals surface area contributed by atoms with Crippen LogP contribution in [0.25, 0.3) is 0 Å². The van der Waals surface area contributed by atoms with Crippen LogP contribution < -0.4 is 14.8 Å². The van der Waals surface area contributed by atoms with Gasteiger partial charge in [0.05, 0.1) is 20.8 Å². The fraction of sp³-hybridized carbons (Fsp3) is 0.522. The monoisotopic (exact) mass is 429 g/mol. The van der Waals surface area contributed by atoms with Crippen LogP contribution in [0.2, 0.25) is 0 Å². The van der Waals surface area contributed by atoms with E-state index in [9.17, 15) is 9.59 Å². The molecule has 0 spiro atoms. The number of nitrogens with zero attached hydrogens (tertiary/aromatic N) is 2. The molecule has 0 unspecified atom stereocenters. The summed E-state index contributed by atoms with van der Waals surface area (Å²) in [4.78, 5) is 27.5. The van der Waals surface area contributed by atoms with E-state index in [1.165, 1.54) is 0 Å². The first-order valence-electron chi connectivity index (χ1n) is 10.7. The number of methoxy groups -OCH3 is 2. The van der Waals surface area contributed by atoms with E-state index in [4.69, 9.17) is 14.0 Å². The Morgan fingerprint density at radius 1 is 1.16 bits per heavy atom. The van der Waals surface area contributed by atoms with Crippen molar-refractivity contribution in [2.75, 3.05) is 20.8 Å². The predicted octanol–water partition coefficient (Wildman–Crippen LogP) is 3.66. The maximum atomic E-state index is 13.4. The number of carbonyl (C=O) groups excluding carboxylic acids is 2. The first-order valence-corrected chi connectivity index (χ1v) is 10.7. The van der Waals surface area contributed by atoms with Crippen molar-refractivity contribution < 1.29 is 23.6 Å². The fourth-order valence-electron chi connectivity index (χ4n) is 3.77. The molecule has 8 heteroatoms. The highest BCUT2D eigenvalue weighted by Gasteiger charge is 2.29. The van der Waals surface area contributed by atoms with Crippen molar-refractivity contribution in [1.82, 2.24) is 15.4 Å². The third-order valence-corrected chi connectivity index (χ3v) is 5.45. The molecule has 1 aromatic heterocycles. The van der Waals surface area contributed by atoms with Crippen LogP contribution in [0.15, 0.2) is 28.8 Å². The maximum absolute atomic E-state index is 13.4. The van der Waals surface area contributed by atoms with Gasteiger partial charge in [-0.1, -0.05) is 31.8 Å². The molecule has 0 radical (unpaired) electrons. The predicted molar refractivity (Wildman–Crippen MR) is 115 cm³/mol. The van der Waals surface area contributed by atoms with Crippen LogP contribution in [0.1, 0.15) is 66.1 Å². The Kier molecular flexibility index (Phi) is 7.55. The lowest BCUT2D eigenvalue weighted by atomic mass is 10.1. The average molecular weight is 430 g/mol. The number of benzene rings is 1. The summed E-state index contributed by atoms with van der Waals surface area (Å²) >= 11 is 0. The summed E-state index contributed by atoms with van der Waals surface area (Å²) in [5.41, 5.74) is 0.736. The third-order valence-electron chi connectivity index (χ3n) is 5.45. The fourth-order valence-corrected chi connectivity index (χ4v) is 3.77. The molecule has 31 heavy (non-hydrogen) atoms. The smallest absolute Gasteiger partial charge is 0.273 e. The number of carbonyl (C=O) groups is 2. The molecular weight excluding hydrogens is 398 g/mol. The van der Waals surface area contributed by atoms with Crippen LogP contribution in [0.5, 0.6) is 11.5 Å². The molecule has 0 aliphatic heterocycles. The lowest BCUT2D eigenvalue weighted by Gasteiger charge is -2.28. The minimum Gasteiger partial charge on any atom is -0.493 e. The van der Waals surface area contributed by atoms with E-state index in [0.717, 1.165) is 25.7 Å². The first-order chi connectivity index (χ1) is 14.9. The van der Waals surface area contributed by atoms with Gasteiger partial charge in [0, 0.05) is 24.2 Å². The molecule has 1 N–H and O–H groups in total. The molecule has 8 nitrogen and oxygen atoms in total. The molecule has 1 aliphatic rings. The van der Waals surface area contributed by atoms with Gasteiger partial charge in [-0.05, 0) is 37.0 Å². The van der Waals surface area contributed by atoms with Gasteiger partial charge in [-0.3, -0.25) is 9.59 Å². The molecule has 2 aromatic rings. The van der Waals surface area contributed by atoms with E-state index in [0.29, 0.717) is 35.3 Å².